The third kappa shape index (κ3) is 3.08. The molecule has 23 heavy (non-hydrogen) atoms. The van der Waals surface area contributed by atoms with E-state index >= 15 is 0 Å². The van der Waals surface area contributed by atoms with Crippen molar-refractivity contribution >= 4 is 23.3 Å². The van der Waals surface area contributed by atoms with Crippen LogP contribution in [0.2, 0.25) is 0 Å². The third-order valence-electron chi connectivity index (χ3n) is 3.64. The normalized spacial score (nSPS) is 13.7. The first-order valence-corrected chi connectivity index (χ1v) is 7.22. The first-order valence-electron chi connectivity index (χ1n) is 7.22. The van der Waals surface area contributed by atoms with E-state index in [1.54, 1.807) is 17.0 Å². The van der Waals surface area contributed by atoms with Crippen LogP contribution in [0.4, 0.5) is 11.4 Å². The Hall–Kier alpha value is -3.08. The van der Waals surface area contributed by atoms with Gasteiger partial charge in [-0.15, -0.1) is 0 Å². The van der Waals surface area contributed by atoms with Gasteiger partial charge < -0.3 is 15.0 Å². The number of ether oxygens (including phenoxy) is 1. The molecule has 0 atom stereocenters. The molecule has 0 unspecified atom stereocenters. The number of hydrogen-bond donors (Lipinski definition) is 1. The van der Waals surface area contributed by atoms with Crippen molar-refractivity contribution in [2.45, 2.75) is 0 Å². The molecule has 5 heteroatoms. The van der Waals surface area contributed by atoms with Crippen LogP contribution < -0.4 is 10.2 Å². The number of likely N-dealkylation sites (N-methyl/N-ethyl adjacent to an activating group) is 1. The van der Waals surface area contributed by atoms with Crippen molar-refractivity contribution < 1.29 is 14.3 Å². The van der Waals surface area contributed by atoms with Gasteiger partial charge in [0.2, 0.25) is 0 Å². The zero-order valence-corrected chi connectivity index (χ0v) is 12.7. The van der Waals surface area contributed by atoms with E-state index in [0.29, 0.717) is 11.4 Å². The van der Waals surface area contributed by atoms with Gasteiger partial charge in [0.05, 0.1) is 5.70 Å². The molecular weight excluding hydrogens is 292 g/mol. The van der Waals surface area contributed by atoms with E-state index in [1.165, 1.54) is 0 Å². The molecule has 1 N–H and O–H groups in total. The highest BCUT2D eigenvalue weighted by Gasteiger charge is 2.33. The van der Waals surface area contributed by atoms with Crippen molar-refractivity contribution in [2.24, 2.45) is 0 Å². The summed E-state index contributed by atoms with van der Waals surface area (Å²) in [4.78, 5) is 26.3. The molecule has 5 nitrogen and oxygen atoms in total. The summed E-state index contributed by atoms with van der Waals surface area (Å²) in [5.41, 5.74) is 2.10. The quantitative estimate of drug-likeness (QED) is 0.696. The number of carbonyl (C=O) groups excluding carboxylic acids is 2. The molecule has 0 aromatic heterocycles. The van der Waals surface area contributed by atoms with Crippen LogP contribution in [0.15, 0.2) is 71.9 Å². The maximum absolute atomic E-state index is 12.5. The van der Waals surface area contributed by atoms with Gasteiger partial charge in [0.1, 0.15) is 12.2 Å². The minimum absolute atomic E-state index is 0.0419. The van der Waals surface area contributed by atoms with Crippen LogP contribution in [-0.2, 0) is 14.3 Å². The number of para-hydroxylation sites is 2. The number of benzene rings is 2. The topological polar surface area (TPSA) is 58.6 Å². The van der Waals surface area contributed by atoms with E-state index in [-0.39, 0.29) is 12.2 Å². The summed E-state index contributed by atoms with van der Waals surface area (Å²) in [6.07, 6.45) is 0. The Morgan fingerprint density at radius 2 is 1.65 bits per heavy atom. The Bertz CT molecular complexity index is 754. The number of amides is 1. The van der Waals surface area contributed by atoms with Crippen LogP contribution in [0, 0.1) is 0 Å². The van der Waals surface area contributed by atoms with Gasteiger partial charge in [0.25, 0.3) is 5.91 Å². The van der Waals surface area contributed by atoms with Crippen LogP contribution in [0.1, 0.15) is 0 Å². The summed E-state index contributed by atoms with van der Waals surface area (Å²) in [5, 5.41) is 2.73. The molecule has 1 heterocycles. The zero-order valence-electron chi connectivity index (χ0n) is 12.7. The number of nitrogens with one attached hydrogen (secondary N) is 1. The van der Waals surface area contributed by atoms with Crippen LogP contribution in [0.25, 0.3) is 0 Å². The minimum Gasteiger partial charge on any atom is -0.455 e. The van der Waals surface area contributed by atoms with Crippen molar-refractivity contribution in [2.75, 3.05) is 23.9 Å². The van der Waals surface area contributed by atoms with Gasteiger partial charge in [-0.25, -0.2) is 4.79 Å². The van der Waals surface area contributed by atoms with Crippen LogP contribution in [-0.4, -0.2) is 25.5 Å². The second-order valence-electron chi connectivity index (χ2n) is 5.11. The van der Waals surface area contributed by atoms with E-state index in [9.17, 15) is 9.59 Å². The smallest absolute Gasteiger partial charge is 0.346 e. The summed E-state index contributed by atoms with van der Waals surface area (Å²) in [5.74, 6) is -1.06. The summed E-state index contributed by atoms with van der Waals surface area (Å²) in [6.45, 7) is 0.0851. The lowest BCUT2D eigenvalue weighted by Gasteiger charge is -2.20. The van der Waals surface area contributed by atoms with Crippen molar-refractivity contribution in [1.82, 2.24) is 0 Å². The van der Waals surface area contributed by atoms with Crippen molar-refractivity contribution in [3.8, 4) is 0 Å². The standard InChI is InChI=1S/C18H16N2O3/c1-20(14-10-6-3-7-11-14)15-12-23-18(22)16(15)17(21)19-13-8-4-2-5-9-13/h2-11H,12H2,1H3,(H,19,21). The van der Waals surface area contributed by atoms with Gasteiger partial charge in [0, 0.05) is 18.4 Å². The van der Waals surface area contributed by atoms with E-state index in [1.807, 2.05) is 55.6 Å². The second-order valence-corrected chi connectivity index (χ2v) is 5.11. The molecule has 1 aliphatic heterocycles. The van der Waals surface area contributed by atoms with Crippen LogP contribution in [0.3, 0.4) is 0 Å². The summed E-state index contributed by atoms with van der Waals surface area (Å²) in [6, 6.07) is 18.5. The molecule has 116 valence electrons. The Balaban J connectivity index is 1.90. The Labute approximate surface area is 134 Å². The number of cyclic esters (lactones) is 1. The number of hydrogen-bond acceptors (Lipinski definition) is 4. The fourth-order valence-electron chi connectivity index (χ4n) is 2.41. The minimum atomic E-state index is -0.601. The molecule has 1 aliphatic rings. The average Bonchev–Trinajstić information content (AvgIpc) is 2.97. The SMILES string of the molecule is CN(C1=C(C(=O)Nc2ccccc2)C(=O)OC1)c1ccccc1. The van der Waals surface area contributed by atoms with E-state index in [2.05, 4.69) is 5.32 Å². The molecular formula is C18H16N2O3. The highest BCUT2D eigenvalue weighted by atomic mass is 16.5. The number of rotatable bonds is 4. The first kappa shape index (κ1) is 14.8. The molecule has 0 spiro atoms. The Kier molecular flexibility index (Phi) is 4.10. The van der Waals surface area contributed by atoms with E-state index < -0.39 is 11.9 Å². The molecule has 0 radical (unpaired) electrons. The Morgan fingerprint density at radius 3 is 2.30 bits per heavy atom. The van der Waals surface area contributed by atoms with Gasteiger partial charge in [-0.3, -0.25) is 4.79 Å². The Morgan fingerprint density at radius 1 is 1.04 bits per heavy atom. The first-order chi connectivity index (χ1) is 11.2. The fraction of sp³-hybridized carbons (Fsp3) is 0.111. The molecule has 0 saturated heterocycles. The molecule has 0 bridgehead atoms. The fourth-order valence-corrected chi connectivity index (χ4v) is 2.41. The molecule has 3 rings (SSSR count). The predicted octanol–water partition coefficient (Wildman–Crippen LogP) is 2.57. The zero-order chi connectivity index (χ0) is 16.2. The molecule has 0 fully saturated rings. The van der Waals surface area contributed by atoms with Crippen molar-refractivity contribution in [3.05, 3.63) is 71.9 Å². The van der Waals surface area contributed by atoms with Gasteiger partial charge in [-0.05, 0) is 24.3 Å². The predicted molar refractivity (Wildman–Crippen MR) is 87.9 cm³/mol. The van der Waals surface area contributed by atoms with Gasteiger partial charge >= 0.3 is 5.97 Å². The molecule has 0 saturated carbocycles. The summed E-state index contributed by atoms with van der Waals surface area (Å²) < 4.78 is 5.06. The maximum Gasteiger partial charge on any atom is 0.346 e. The lowest BCUT2D eigenvalue weighted by molar-refractivity contribution is -0.137. The average molecular weight is 308 g/mol. The largest absolute Gasteiger partial charge is 0.455 e. The van der Waals surface area contributed by atoms with E-state index in [4.69, 9.17) is 4.74 Å². The van der Waals surface area contributed by atoms with E-state index in [0.717, 1.165) is 5.69 Å². The molecule has 1 amide bonds. The second kappa shape index (κ2) is 6.36. The third-order valence-corrected chi connectivity index (χ3v) is 3.64. The lowest BCUT2D eigenvalue weighted by Crippen LogP contribution is -2.24. The van der Waals surface area contributed by atoms with Gasteiger partial charge in [0.15, 0.2) is 0 Å². The number of carbonyl (C=O) groups is 2. The number of anilines is 2. The van der Waals surface area contributed by atoms with Crippen LogP contribution in [0.5, 0.6) is 0 Å². The lowest BCUT2D eigenvalue weighted by atomic mass is 10.1. The molecule has 2 aromatic carbocycles. The molecule has 2 aromatic rings. The summed E-state index contributed by atoms with van der Waals surface area (Å²) in [7, 11) is 1.81. The highest BCUT2D eigenvalue weighted by Crippen LogP contribution is 2.25. The maximum atomic E-state index is 12.5. The number of nitrogens with zero attached hydrogens (tertiary/aromatic N) is 1. The van der Waals surface area contributed by atoms with Crippen LogP contribution >= 0.6 is 0 Å². The van der Waals surface area contributed by atoms with Gasteiger partial charge in [-0.1, -0.05) is 36.4 Å². The van der Waals surface area contributed by atoms with Crippen molar-refractivity contribution in [3.63, 3.8) is 0 Å². The molecule has 0 aliphatic carbocycles. The monoisotopic (exact) mass is 308 g/mol. The highest BCUT2D eigenvalue weighted by molar-refractivity contribution is 6.23. The van der Waals surface area contributed by atoms with Gasteiger partial charge in [-0.2, -0.15) is 0 Å². The van der Waals surface area contributed by atoms with Crippen molar-refractivity contribution in [1.29, 1.82) is 0 Å². The number of esters is 1. The summed E-state index contributed by atoms with van der Waals surface area (Å²) >= 11 is 0.